The number of hydrogen-bond donors (Lipinski definition) is 1. The smallest absolute Gasteiger partial charge is 0.162 e. The molecule has 106 valence electrons. The number of anilines is 1. The highest BCUT2D eigenvalue weighted by molar-refractivity contribution is 9.10. The second-order valence-electron chi connectivity index (χ2n) is 5.04. The number of aromatic nitrogens is 2. The second-order valence-corrected chi connectivity index (χ2v) is 5.83. The molecule has 1 N–H and O–H groups in total. The standard InChI is InChI=1S/C16H20BrN3/c1-5-8-18-16-14(17)12(4)19-15(20-16)13-9-10(2)6-7-11(13)3/h6-7,9H,5,8H2,1-4H3,(H,18,19,20). The third-order valence-corrected chi connectivity index (χ3v) is 4.14. The molecule has 0 aliphatic heterocycles. The topological polar surface area (TPSA) is 37.8 Å². The first kappa shape index (κ1) is 15.0. The summed E-state index contributed by atoms with van der Waals surface area (Å²) in [5, 5.41) is 3.35. The maximum Gasteiger partial charge on any atom is 0.162 e. The van der Waals surface area contributed by atoms with Crippen molar-refractivity contribution in [3.8, 4) is 11.4 Å². The molecule has 0 aliphatic rings. The third-order valence-electron chi connectivity index (χ3n) is 3.19. The van der Waals surface area contributed by atoms with Crippen LogP contribution in [0.4, 0.5) is 5.82 Å². The Morgan fingerprint density at radius 3 is 2.60 bits per heavy atom. The Bertz CT molecular complexity index is 623. The van der Waals surface area contributed by atoms with E-state index in [9.17, 15) is 0 Å². The number of nitrogens with one attached hydrogen (secondary N) is 1. The Kier molecular flexibility index (Phi) is 4.76. The molecule has 2 rings (SSSR count). The maximum atomic E-state index is 4.67. The molecular formula is C16H20BrN3. The van der Waals surface area contributed by atoms with Crippen LogP contribution in [0.25, 0.3) is 11.4 Å². The van der Waals surface area contributed by atoms with Crippen molar-refractivity contribution in [3.63, 3.8) is 0 Å². The van der Waals surface area contributed by atoms with Gasteiger partial charge < -0.3 is 5.32 Å². The fourth-order valence-corrected chi connectivity index (χ4v) is 2.33. The van der Waals surface area contributed by atoms with Gasteiger partial charge in [-0.3, -0.25) is 0 Å². The van der Waals surface area contributed by atoms with Crippen molar-refractivity contribution in [2.75, 3.05) is 11.9 Å². The van der Waals surface area contributed by atoms with Gasteiger partial charge in [-0.2, -0.15) is 0 Å². The number of rotatable bonds is 4. The van der Waals surface area contributed by atoms with Gasteiger partial charge in [0.2, 0.25) is 0 Å². The van der Waals surface area contributed by atoms with Crippen LogP contribution in [-0.2, 0) is 0 Å². The molecule has 0 fully saturated rings. The van der Waals surface area contributed by atoms with Crippen LogP contribution in [0.15, 0.2) is 22.7 Å². The maximum absolute atomic E-state index is 4.67. The van der Waals surface area contributed by atoms with E-state index in [0.717, 1.165) is 40.3 Å². The van der Waals surface area contributed by atoms with Crippen molar-refractivity contribution in [1.82, 2.24) is 9.97 Å². The zero-order valence-corrected chi connectivity index (χ0v) is 14.0. The number of nitrogens with zero attached hydrogens (tertiary/aromatic N) is 2. The highest BCUT2D eigenvalue weighted by atomic mass is 79.9. The van der Waals surface area contributed by atoms with Crippen LogP contribution < -0.4 is 5.32 Å². The lowest BCUT2D eigenvalue weighted by atomic mass is 10.1. The van der Waals surface area contributed by atoms with Crippen molar-refractivity contribution >= 4 is 21.7 Å². The molecule has 0 radical (unpaired) electrons. The van der Waals surface area contributed by atoms with Crippen molar-refractivity contribution in [2.45, 2.75) is 34.1 Å². The lowest BCUT2D eigenvalue weighted by molar-refractivity contribution is 0.958. The normalized spacial score (nSPS) is 10.7. The average Bonchev–Trinajstić information content (AvgIpc) is 2.43. The monoisotopic (exact) mass is 333 g/mol. The molecule has 4 heteroatoms. The summed E-state index contributed by atoms with van der Waals surface area (Å²) in [7, 11) is 0. The summed E-state index contributed by atoms with van der Waals surface area (Å²) in [6, 6.07) is 6.37. The van der Waals surface area contributed by atoms with Crippen LogP contribution in [0.5, 0.6) is 0 Å². The molecule has 0 unspecified atom stereocenters. The van der Waals surface area contributed by atoms with Crippen molar-refractivity contribution in [1.29, 1.82) is 0 Å². The van der Waals surface area contributed by atoms with Crippen LogP contribution in [0.1, 0.15) is 30.2 Å². The lowest BCUT2D eigenvalue weighted by Crippen LogP contribution is -2.06. The molecule has 3 nitrogen and oxygen atoms in total. The first-order valence-corrected chi connectivity index (χ1v) is 7.68. The summed E-state index contributed by atoms with van der Waals surface area (Å²) in [6.45, 7) is 9.22. The molecule has 0 bridgehead atoms. The number of aryl methyl sites for hydroxylation is 3. The van der Waals surface area contributed by atoms with Crippen LogP contribution >= 0.6 is 15.9 Å². The van der Waals surface area contributed by atoms with Gasteiger partial charge in [-0.05, 0) is 54.8 Å². The van der Waals surface area contributed by atoms with E-state index < -0.39 is 0 Å². The number of benzene rings is 1. The van der Waals surface area contributed by atoms with E-state index in [-0.39, 0.29) is 0 Å². The predicted octanol–water partition coefficient (Wildman–Crippen LogP) is 4.65. The summed E-state index contributed by atoms with van der Waals surface area (Å²) in [4.78, 5) is 9.29. The van der Waals surface area contributed by atoms with Crippen LogP contribution in [0.3, 0.4) is 0 Å². The SMILES string of the molecule is CCCNc1nc(-c2cc(C)ccc2C)nc(C)c1Br. The van der Waals surface area contributed by atoms with Crippen molar-refractivity contribution < 1.29 is 0 Å². The van der Waals surface area contributed by atoms with Crippen LogP contribution in [0.2, 0.25) is 0 Å². The molecule has 1 heterocycles. The minimum absolute atomic E-state index is 0.783. The molecule has 20 heavy (non-hydrogen) atoms. The average molecular weight is 334 g/mol. The Hall–Kier alpha value is -1.42. The Balaban J connectivity index is 2.51. The molecule has 1 aromatic carbocycles. The van der Waals surface area contributed by atoms with E-state index in [1.54, 1.807) is 0 Å². The number of hydrogen-bond acceptors (Lipinski definition) is 3. The molecule has 0 aliphatic carbocycles. The molecule has 0 saturated carbocycles. The van der Waals surface area contributed by atoms with E-state index >= 15 is 0 Å². The second kappa shape index (κ2) is 6.35. The molecular weight excluding hydrogens is 314 g/mol. The molecule has 1 aromatic heterocycles. The fraction of sp³-hybridized carbons (Fsp3) is 0.375. The molecule has 0 atom stereocenters. The minimum Gasteiger partial charge on any atom is -0.369 e. The van der Waals surface area contributed by atoms with Gasteiger partial charge in [-0.25, -0.2) is 9.97 Å². The summed E-state index contributed by atoms with van der Waals surface area (Å²) < 4.78 is 0.944. The highest BCUT2D eigenvalue weighted by Gasteiger charge is 2.12. The predicted molar refractivity (Wildman–Crippen MR) is 88.2 cm³/mol. The fourth-order valence-electron chi connectivity index (χ4n) is 2.02. The Morgan fingerprint density at radius 1 is 1.15 bits per heavy atom. The molecule has 0 spiro atoms. The van der Waals surface area contributed by atoms with E-state index in [1.807, 2.05) is 6.92 Å². The highest BCUT2D eigenvalue weighted by Crippen LogP contribution is 2.28. The largest absolute Gasteiger partial charge is 0.369 e. The molecule has 0 saturated heterocycles. The Labute approximate surface area is 129 Å². The van der Waals surface area contributed by atoms with E-state index in [0.29, 0.717) is 0 Å². The minimum atomic E-state index is 0.783. The van der Waals surface area contributed by atoms with Gasteiger partial charge in [0.1, 0.15) is 5.82 Å². The van der Waals surface area contributed by atoms with Crippen molar-refractivity contribution in [2.24, 2.45) is 0 Å². The van der Waals surface area contributed by atoms with Crippen LogP contribution in [0, 0.1) is 20.8 Å². The summed E-state index contributed by atoms with van der Waals surface area (Å²) >= 11 is 3.56. The van der Waals surface area contributed by atoms with E-state index in [1.165, 1.54) is 11.1 Å². The quantitative estimate of drug-likeness (QED) is 0.884. The van der Waals surface area contributed by atoms with Crippen molar-refractivity contribution in [3.05, 3.63) is 39.5 Å². The lowest BCUT2D eigenvalue weighted by Gasteiger charge is -2.12. The van der Waals surface area contributed by atoms with E-state index in [4.69, 9.17) is 0 Å². The van der Waals surface area contributed by atoms with Gasteiger partial charge in [0.15, 0.2) is 5.82 Å². The third kappa shape index (κ3) is 3.18. The van der Waals surface area contributed by atoms with Crippen LogP contribution in [-0.4, -0.2) is 16.5 Å². The van der Waals surface area contributed by atoms with Gasteiger partial charge in [-0.15, -0.1) is 0 Å². The zero-order chi connectivity index (χ0) is 14.7. The summed E-state index contributed by atoms with van der Waals surface area (Å²) in [5.74, 6) is 1.65. The zero-order valence-electron chi connectivity index (χ0n) is 12.4. The Morgan fingerprint density at radius 2 is 1.90 bits per heavy atom. The van der Waals surface area contributed by atoms with Gasteiger partial charge in [0.05, 0.1) is 10.2 Å². The molecule has 2 aromatic rings. The van der Waals surface area contributed by atoms with Gasteiger partial charge in [0, 0.05) is 12.1 Å². The molecule has 0 amide bonds. The first-order valence-electron chi connectivity index (χ1n) is 6.88. The van der Waals surface area contributed by atoms with Gasteiger partial charge in [0.25, 0.3) is 0 Å². The summed E-state index contributed by atoms with van der Waals surface area (Å²) in [5.41, 5.74) is 4.46. The number of halogens is 1. The van der Waals surface area contributed by atoms with Gasteiger partial charge >= 0.3 is 0 Å². The van der Waals surface area contributed by atoms with Gasteiger partial charge in [-0.1, -0.05) is 24.6 Å². The first-order chi connectivity index (χ1) is 9.52. The summed E-state index contributed by atoms with van der Waals surface area (Å²) in [6.07, 6.45) is 1.06. The van der Waals surface area contributed by atoms with E-state index in [2.05, 4.69) is 70.2 Å².